The third kappa shape index (κ3) is 2.88. The van der Waals surface area contributed by atoms with Gasteiger partial charge in [0.15, 0.2) is 0 Å². The molecule has 0 aromatic heterocycles. The summed E-state index contributed by atoms with van der Waals surface area (Å²) in [7, 11) is 0. The molecule has 0 heterocycles. The van der Waals surface area contributed by atoms with Crippen LogP contribution in [0.25, 0.3) is 0 Å². The van der Waals surface area contributed by atoms with Gasteiger partial charge < -0.3 is 0 Å². The number of nitrogens with zero attached hydrogens (tertiary/aromatic N) is 1. The van der Waals surface area contributed by atoms with Gasteiger partial charge in [0.2, 0.25) is 0 Å². The van der Waals surface area contributed by atoms with Crippen molar-refractivity contribution in [2.75, 3.05) is 0 Å². The van der Waals surface area contributed by atoms with E-state index < -0.39 is 5.41 Å². The first-order valence-electron chi connectivity index (χ1n) is 6.20. The summed E-state index contributed by atoms with van der Waals surface area (Å²) in [4.78, 5) is 0. The number of halogens is 2. The zero-order chi connectivity index (χ0) is 14.4. The molecule has 0 aliphatic rings. The molecule has 1 nitrogen and oxygen atoms in total. The lowest BCUT2D eigenvalue weighted by Gasteiger charge is -2.26. The van der Waals surface area contributed by atoms with Gasteiger partial charge in [-0.15, -0.1) is 0 Å². The van der Waals surface area contributed by atoms with Crippen LogP contribution in [-0.2, 0) is 11.8 Å². The van der Waals surface area contributed by atoms with E-state index >= 15 is 0 Å². The van der Waals surface area contributed by atoms with Crippen molar-refractivity contribution < 1.29 is 0 Å². The first-order valence-corrected chi connectivity index (χ1v) is 7.01. The summed E-state index contributed by atoms with van der Waals surface area (Å²) in [6.07, 6.45) is 0.483. The fraction of sp³-hybridized carbons (Fsp3) is 0.118. The van der Waals surface area contributed by atoms with Crippen LogP contribution in [0.4, 0.5) is 0 Å². The molecule has 0 saturated carbocycles. The Labute approximate surface area is 129 Å². The highest BCUT2D eigenvalue weighted by atomic mass is 35.5. The van der Waals surface area contributed by atoms with Crippen molar-refractivity contribution in [1.82, 2.24) is 0 Å². The Morgan fingerprint density at radius 1 is 1.05 bits per heavy atom. The van der Waals surface area contributed by atoms with E-state index in [0.717, 1.165) is 11.1 Å². The van der Waals surface area contributed by atoms with E-state index in [-0.39, 0.29) is 0 Å². The second kappa shape index (κ2) is 6.61. The normalized spacial score (nSPS) is 14.3. The maximum atomic E-state index is 9.76. The molecule has 0 radical (unpaired) electrons. The van der Waals surface area contributed by atoms with Crippen LogP contribution in [0.2, 0.25) is 0 Å². The van der Waals surface area contributed by atoms with E-state index in [9.17, 15) is 5.26 Å². The van der Waals surface area contributed by atoms with Crippen LogP contribution in [0, 0.1) is 11.3 Å². The standard InChI is InChI=1S/C17H13Cl2N/c18-12-16(19)17(13-20,15-9-5-2-6-10-15)11-14-7-3-1-4-8-14/h1-10,12H,11H2/b16-12+. The molecule has 100 valence electrons. The number of nitriles is 1. The molecule has 0 aliphatic heterocycles. The van der Waals surface area contributed by atoms with Crippen LogP contribution in [0.15, 0.2) is 71.2 Å². The SMILES string of the molecule is N#CC(Cc1ccccc1)(/C(Cl)=C\Cl)c1ccccc1. The molecule has 0 aliphatic carbocycles. The third-order valence-electron chi connectivity index (χ3n) is 3.27. The molecule has 0 saturated heterocycles. The van der Waals surface area contributed by atoms with Crippen molar-refractivity contribution >= 4 is 23.2 Å². The van der Waals surface area contributed by atoms with Crippen molar-refractivity contribution in [2.24, 2.45) is 0 Å². The Hall–Kier alpha value is -1.75. The molecule has 0 amide bonds. The molecule has 2 aromatic carbocycles. The van der Waals surface area contributed by atoms with Crippen LogP contribution in [-0.4, -0.2) is 0 Å². The van der Waals surface area contributed by atoms with Gasteiger partial charge in [0.25, 0.3) is 0 Å². The minimum Gasteiger partial charge on any atom is -0.197 e. The number of hydrogen-bond donors (Lipinski definition) is 0. The summed E-state index contributed by atoms with van der Waals surface area (Å²) in [5.74, 6) is 0. The topological polar surface area (TPSA) is 23.8 Å². The van der Waals surface area contributed by atoms with E-state index in [2.05, 4.69) is 6.07 Å². The second-order valence-electron chi connectivity index (χ2n) is 4.50. The zero-order valence-corrected chi connectivity index (χ0v) is 12.3. The van der Waals surface area contributed by atoms with E-state index in [0.29, 0.717) is 11.5 Å². The van der Waals surface area contributed by atoms with Gasteiger partial charge in [0.05, 0.1) is 11.1 Å². The lowest BCUT2D eigenvalue weighted by molar-refractivity contribution is 0.667. The lowest BCUT2D eigenvalue weighted by Crippen LogP contribution is -2.27. The number of hydrogen-bond acceptors (Lipinski definition) is 1. The Balaban J connectivity index is 2.53. The molecule has 3 heteroatoms. The largest absolute Gasteiger partial charge is 0.197 e. The molecule has 1 atom stereocenters. The first kappa shape index (κ1) is 14.7. The number of rotatable bonds is 4. The smallest absolute Gasteiger partial charge is 0.122 e. The Bertz CT molecular complexity index is 629. The molecular weight excluding hydrogens is 289 g/mol. The molecule has 0 bridgehead atoms. The van der Waals surface area contributed by atoms with Gasteiger partial charge in [0.1, 0.15) is 5.41 Å². The van der Waals surface area contributed by atoms with Crippen molar-refractivity contribution in [3.63, 3.8) is 0 Å². The van der Waals surface area contributed by atoms with Crippen LogP contribution in [0.1, 0.15) is 11.1 Å². The minimum absolute atomic E-state index is 0.330. The van der Waals surface area contributed by atoms with Crippen LogP contribution < -0.4 is 0 Å². The van der Waals surface area contributed by atoms with Crippen molar-refractivity contribution in [2.45, 2.75) is 11.8 Å². The maximum absolute atomic E-state index is 9.76. The van der Waals surface area contributed by atoms with Crippen molar-refractivity contribution in [3.05, 3.63) is 82.4 Å². The van der Waals surface area contributed by atoms with Gasteiger partial charge in [0, 0.05) is 12.0 Å². The summed E-state index contributed by atoms with van der Waals surface area (Å²) in [5, 5.41) is 10.1. The van der Waals surface area contributed by atoms with Crippen LogP contribution >= 0.6 is 23.2 Å². The quantitative estimate of drug-likeness (QED) is 0.779. The minimum atomic E-state index is -0.952. The molecule has 1 unspecified atom stereocenters. The molecule has 0 spiro atoms. The maximum Gasteiger partial charge on any atom is 0.122 e. The summed E-state index contributed by atoms with van der Waals surface area (Å²) in [6, 6.07) is 21.6. The van der Waals surface area contributed by atoms with Crippen molar-refractivity contribution in [1.29, 1.82) is 5.26 Å². The predicted octanol–water partition coefficient (Wildman–Crippen LogP) is 5.01. The molecule has 2 aromatic rings. The highest BCUT2D eigenvalue weighted by molar-refractivity contribution is 6.37. The van der Waals surface area contributed by atoms with Gasteiger partial charge in [-0.05, 0) is 11.1 Å². The molecule has 20 heavy (non-hydrogen) atoms. The van der Waals surface area contributed by atoms with Gasteiger partial charge in [-0.2, -0.15) is 5.26 Å². The average Bonchev–Trinajstić information content (AvgIpc) is 2.53. The molecule has 0 N–H and O–H groups in total. The highest BCUT2D eigenvalue weighted by Gasteiger charge is 2.36. The van der Waals surface area contributed by atoms with Gasteiger partial charge in [-0.25, -0.2) is 0 Å². The molecule has 2 rings (SSSR count). The number of allylic oxidation sites excluding steroid dienone is 1. The van der Waals surface area contributed by atoms with Crippen LogP contribution in [0.5, 0.6) is 0 Å². The second-order valence-corrected chi connectivity index (χ2v) is 5.13. The summed E-state index contributed by atoms with van der Waals surface area (Å²) in [6.45, 7) is 0. The van der Waals surface area contributed by atoms with Gasteiger partial charge in [-0.3, -0.25) is 0 Å². The Morgan fingerprint density at radius 3 is 2.10 bits per heavy atom. The number of benzene rings is 2. The Morgan fingerprint density at radius 2 is 1.60 bits per heavy atom. The fourth-order valence-electron chi connectivity index (χ4n) is 2.20. The summed E-state index contributed by atoms with van der Waals surface area (Å²) < 4.78 is 0. The zero-order valence-electron chi connectivity index (χ0n) is 10.8. The monoisotopic (exact) mass is 301 g/mol. The highest BCUT2D eigenvalue weighted by Crippen LogP contribution is 2.38. The van der Waals surface area contributed by atoms with E-state index in [4.69, 9.17) is 23.2 Å². The fourth-order valence-corrected chi connectivity index (χ4v) is 2.60. The lowest BCUT2D eigenvalue weighted by atomic mass is 9.76. The van der Waals surface area contributed by atoms with E-state index in [1.165, 1.54) is 5.54 Å². The van der Waals surface area contributed by atoms with Gasteiger partial charge >= 0.3 is 0 Å². The van der Waals surface area contributed by atoms with Gasteiger partial charge in [-0.1, -0.05) is 83.9 Å². The first-order chi connectivity index (χ1) is 9.73. The molecule has 0 fully saturated rings. The summed E-state index contributed by atoms with van der Waals surface area (Å²) in [5.41, 5.74) is 2.20. The van der Waals surface area contributed by atoms with Crippen LogP contribution in [0.3, 0.4) is 0 Å². The predicted molar refractivity (Wildman–Crippen MR) is 83.7 cm³/mol. The molecular formula is C17H13Cl2N. The average molecular weight is 302 g/mol. The van der Waals surface area contributed by atoms with Crippen molar-refractivity contribution in [3.8, 4) is 6.07 Å². The van der Waals surface area contributed by atoms with E-state index in [1.54, 1.807) is 0 Å². The Kier molecular flexibility index (Phi) is 4.84. The summed E-state index contributed by atoms with van der Waals surface area (Å²) >= 11 is 12.1. The third-order valence-corrected chi connectivity index (χ3v) is 4.03. The van der Waals surface area contributed by atoms with E-state index in [1.807, 2.05) is 60.7 Å².